The highest BCUT2D eigenvalue weighted by Gasteiger charge is 2.12. The van der Waals surface area contributed by atoms with Gasteiger partial charge in [-0.3, -0.25) is 0 Å². The number of hydrogen-bond acceptors (Lipinski definition) is 3. The number of H-pyrrole nitrogens is 1. The van der Waals surface area contributed by atoms with E-state index in [9.17, 15) is 0 Å². The fraction of sp³-hybridized carbons (Fsp3) is 0.400. The van der Waals surface area contributed by atoms with Crippen LogP contribution in [-0.4, -0.2) is 35.5 Å². The average molecular weight is 258 g/mol. The van der Waals surface area contributed by atoms with E-state index in [-0.39, 0.29) is 0 Å². The lowest BCUT2D eigenvalue weighted by Gasteiger charge is -2.22. The number of aromatic nitrogens is 2. The maximum atomic E-state index is 4.33. The lowest BCUT2D eigenvalue weighted by molar-refractivity contribution is 0.340. The Kier molecular flexibility index (Phi) is 4.71. The van der Waals surface area contributed by atoms with Crippen molar-refractivity contribution in [2.75, 3.05) is 20.6 Å². The summed E-state index contributed by atoms with van der Waals surface area (Å²) in [5.41, 5.74) is 3.52. The van der Waals surface area contributed by atoms with E-state index in [1.807, 2.05) is 13.0 Å². The highest BCUT2D eigenvalue weighted by Crippen LogP contribution is 2.14. The normalized spacial score (nSPS) is 12.8. The molecule has 0 aliphatic rings. The monoisotopic (exact) mass is 258 g/mol. The molecule has 0 fully saturated rings. The summed E-state index contributed by atoms with van der Waals surface area (Å²) in [6.45, 7) is 3.80. The summed E-state index contributed by atoms with van der Waals surface area (Å²) in [7, 11) is 4.19. The predicted octanol–water partition coefficient (Wildman–Crippen LogP) is 2.11. The molecule has 19 heavy (non-hydrogen) atoms. The van der Waals surface area contributed by atoms with Gasteiger partial charge in [0, 0.05) is 24.8 Å². The molecule has 0 amide bonds. The van der Waals surface area contributed by atoms with Gasteiger partial charge in [-0.05, 0) is 26.6 Å². The van der Waals surface area contributed by atoms with Gasteiger partial charge in [-0.15, -0.1) is 0 Å². The molecule has 2 N–H and O–H groups in total. The van der Waals surface area contributed by atoms with Crippen LogP contribution >= 0.6 is 0 Å². The predicted molar refractivity (Wildman–Crippen MR) is 77.9 cm³/mol. The molecule has 1 unspecified atom stereocenters. The number of hydrogen-bond donors (Lipinski definition) is 2. The van der Waals surface area contributed by atoms with Crippen molar-refractivity contribution in [3.05, 3.63) is 53.6 Å². The third-order valence-corrected chi connectivity index (χ3v) is 3.20. The Morgan fingerprint density at radius 2 is 2.00 bits per heavy atom. The fourth-order valence-corrected chi connectivity index (χ4v) is 2.12. The van der Waals surface area contributed by atoms with Crippen LogP contribution in [0.4, 0.5) is 0 Å². The minimum atomic E-state index is 0.312. The van der Waals surface area contributed by atoms with Gasteiger partial charge in [-0.1, -0.05) is 30.3 Å². The standard InChI is InChI=1S/C15H22N4/c1-12-14(18-11-17-12)9-16-15(10-19(2)3)13-7-5-4-6-8-13/h4-8,11,15-16H,9-10H2,1-3H3,(H,17,18). The van der Waals surface area contributed by atoms with Crippen LogP contribution in [0.3, 0.4) is 0 Å². The van der Waals surface area contributed by atoms with Crippen molar-refractivity contribution in [3.63, 3.8) is 0 Å². The first-order valence-electron chi connectivity index (χ1n) is 6.58. The molecule has 0 aliphatic carbocycles. The Balaban J connectivity index is 2.04. The molecule has 0 spiro atoms. The smallest absolute Gasteiger partial charge is 0.0925 e. The number of benzene rings is 1. The minimum Gasteiger partial charge on any atom is -0.348 e. The van der Waals surface area contributed by atoms with E-state index >= 15 is 0 Å². The Morgan fingerprint density at radius 3 is 2.58 bits per heavy atom. The van der Waals surface area contributed by atoms with Crippen LogP contribution in [0.1, 0.15) is 23.0 Å². The second-order valence-electron chi connectivity index (χ2n) is 5.08. The summed E-state index contributed by atoms with van der Waals surface area (Å²) in [5, 5.41) is 3.59. The van der Waals surface area contributed by atoms with E-state index in [1.165, 1.54) is 5.56 Å². The topological polar surface area (TPSA) is 44.0 Å². The second-order valence-corrected chi connectivity index (χ2v) is 5.08. The maximum absolute atomic E-state index is 4.33. The van der Waals surface area contributed by atoms with Crippen LogP contribution in [0.2, 0.25) is 0 Å². The molecule has 0 aliphatic heterocycles. The average Bonchev–Trinajstić information content (AvgIpc) is 2.81. The summed E-state index contributed by atoms with van der Waals surface area (Å²) in [4.78, 5) is 9.64. The summed E-state index contributed by atoms with van der Waals surface area (Å²) in [6.07, 6.45) is 1.75. The van der Waals surface area contributed by atoms with E-state index in [4.69, 9.17) is 0 Å². The van der Waals surface area contributed by atoms with Crippen LogP contribution in [0.25, 0.3) is 0 Å². The first-order valence-corrected chi connectivity index (χ1v) is 6.58. The lowest BCUT2D eigenvalue weighted by Crippen LogP contribution is -2.31. The second kappa shape index (κ2) is 6.50. The molecule has 1 heterocycles. The van der Waals surface area contributed by atoms with E-state index in [1.54, 1.807) is 6.33 Å². The van der Waals surface area contributed by atoms with Crippen molar-refractivity contribution in [3.8, 4) is 0 Å². The summed E-state index contributed by atoms with van der Waals surface area (Å²) in [5.74, 6) is 0. The Labute approximate surface area is 114 Å². The van der Waals surface area contributed by atoms with Gasteiger partial charge in [0.2, 0.25) is 0 Å². The zero-order chi connectivity index (χ0) is 13.7. The van der Waals surface area contributed by atoms with Crippen molar-refractivity contribution >= 4 is 0 Å². The van der Waals surface area contributed by atoms with Gasteiger partial charge < -0.3 is 15.2 Å². The van der Waals surface area contributed by atoms with Crippen molar-refractivity contribution in [2.45, 2.75) is 19.5 Å². The molecule has 4 heteroatoms. The molecule has 4 nitrogen and oxygen atoms in total. The van der Waals surface area contributed by atoms with Crippen LogP contribution in [0.15, 0.2) is 36.7 Å². The van der Waals surface area contributed by atoms with Gasteiger partial charge in [0.25, 0.3) is 0 Å². The molecule has 0 bridgehead atoms. The van der Waals surface area contributed by atoms with Gasteiger partial charge in [-0.2, -0.15) is 0 Å². The third kappa shape index (κ3) is 3.91. The Bertz CT molecular complexity index is 490. The zero-order valence-corrected chi connectivity index (χ0v) is 11.9. The quantitative estimate of drug-likeness (QED) is 0.834. The van der Waals surface area contributed by atoms with Gasteiger partial charge in [0.15, 0.2) is 0 Å². The Morgan fingerprint density at radius 1 is 1.26 bits per heavy atom. The first kappa shape index (κ1) is 13.8. The number of imidazole rings is 1. The van der Waals surface area contributed by atoms with E-state index in [2.05, 4.69) is 58.5 Å². The van der Waals surface area contributed by atoms with Gasteiger partial charge in [0.05, 0.1) is 12.0 Å². The molecule has 1 aromatic carbocycles. The van der Waals surface area contributed by atoms with E-state index in [0.29, 0.717) is 6.04 Å². The SMILES string of the molecule is Cc1[nH]cnc1CNC(CN(C)C)c1ccccc1. The molecule has 2 aromatic rings. The molecule has 0 radical (unpaired) electrons. The largest absolute Gasteiger partial charge is 0.348 e. The molecular formula is C15H22N4. The highest BCUT2D eigenvalue weighted by atomic mass is 15.1. The van der Waals surface area contributed by atoms with Gasteiger partial charge in [0.1, 0.15) is 0 Å². The zero-order valence-electron chi connectivity index (χ0n) is 11.9. The summed E-state index contributed by atoms with van der Waals surface area (Å²) < 4.78 is 0. The first-order chi connectivity index (χ1) is 9.16. The summed E-state index contributed by atoms with van der Waals surface area (Å²) >= 11 is 0. The molecule has 2 rings (SSSR count). The molecule has 0 saturated carbocycles. The molecule has 102 valence electrons. The number of aryl methyl sites for hydroxylation is 1. The minimum absolute atomic E-state index is 0.312. The number of nitrogens with zero attached hydrogens (tertiary/aromatic N) is 2. The van der Waals surface area contributed by atoms with Crippen LogP contribution in [0, 0.1) is 6.92 Å². The molecule has 0 saturated heterocycles. The molecule has 1 atom stereocenters. The maximum Gasteiger partial charge on any atom is 0.0925 e. The third-order valence-electron chi connectivity index (χ3n) is 3.20. The fourth-order valence-electron chi connectivity index (χ4n) is 2.12. The number of aromatic amines is 1. The van der Waals surface area contributed by atoms with Crippen molar-refractivity contribution < 1.29 is 0 Å². The van der Waals surface area contributed by atoms with Crippen molar-refractivity contribution in [2.24, 2.45) is 0 Å². The van der Waals surface area contributed by atoms with Crippen LogP contribution in [0.5, 0.6) is 0 Å². The molecule has 1 aromatic heterocycles. The van der Waals surface area contributed by atoms with E-state index in [0.717, 1.165) is 24.5 Å². The number of nitrogens with one attached hydrogen (secondary N) is 2. The number of rotatable bonds is 6. The van der Waals surface area contributed by atoms with Crippen molar-refractivity contribution in [1.29, 1.82) is 0 Å². The van der Waals surface area contributed by atoms with Crippen molar-refractivity contribution in [1.82, 2.24) is 20.2 Å². The van der Waals surface area contributed by atoms with E-state index < -0.39 is 0 Å². The Hall–Kier alpha value is -1.65. The van der Waals surface area contributed by atoms with Gasteiger partial charge in [-0.25, -0.2) is 4.98 Å². The summed E-state index contributed by atoms with van der Waals surface area (Å²) in [6, 6.07) is 10.9. The molecular weight excluding hydrogens is 236 g/mol. The van der Waals surface area contributed by atoms with Gasteiger partial charge >= 0.3 is 0 Å². The van der Waals surface area contributed by atoms with Crippen LogP contribution < -0.4 is 5.32 Å². The van der Waals surface area contributed by atoms with Crippen LogP contribution in [-0.2, 0) is 6.54 Å². The lowest BCUT2D eigenvalue weighted by atomic mass is 10.1. The highest BCUT2D eigenvalue weighted by molar-refractivity contribution is 5.20. The number of likely N-dealkylation sites (N-methyl/N-ethyl adjacent to an activating group) is 1.